The summed E-state index contributed by atoms with van der Waals surface area (Å²) in [6.07, 6.45) is 2.18. The van der Waals surface area contributed by atoms with Gasteiger partial charge in [-0.2, -0.15) is 0 Å². The zero-order valence-electron chi connectivity index (χ0n) is 13.5. The molecule has 2 aromatic rings. The van der Waals surface area contributed by atoms with Crippen LogP contribution in [0.4, 0.5) is 0 Å². The van der Waals surface area contributed by atoms with E-state index in [2.05, 4.69) is 15.1 Å². The van der Waals surface area contributed by atoms with Crippen LogP contribution >= 0.6 is 0 Å². The predicted molar refractivity (Wildman–Crippen MR) is 90.5 cm³/mol. The van der Waals surface area contributed by atoms with Crippen molar-refractivity contribution in [3.8, 4) is 5.75 Å². The van der Waals surface area contributed by atoms with E-state index in [0.717, 1.165) is 12.8 Å². The molecule has 1 saturated carbocycles. The lowest BCUT2D eigenvalue weighted by atomic mass is 10.1. The number of carbonyl (C=O) groups excluding carboxylic acids is 1. The summed E-state index contributed by atoms with van der Waals surface area (Å²) in [4.78, 5) is 22.1. The SMILES string of the molecule is [C-]#[N+][C@@H]1C[C@@H]2C[C@@H]2N1C(O)CNC(=O)c1ccnc2ccc(O)cc12. The number of amides is 1. The minimum Gasteiger partial charge on any atom is -0.508 e. The first-order chi connectivity index (χ1) is 12.1. The fourth-order valence-electron chi connectivity index (χ4n) is 3.72. The molecule has 128 valence electrons. The van der Waals surface area contributed by atoms with Crippen molar-refractivity contribution < 1.29 is 15.0 Å². The van der Waals surface area contributed by atoms with Gasteiger partial charge in [-0.15, -0.1) is 0 Å². The van der Waals surface area contributed by atoms with Gasteiger partial charge in [0.05, 0.1) is 17.6 Å². The highest BCUT2D eigenvalue weighted by atomic mass is 16.3. The lowest BCUT2D eigenvalue weighted by molar-refractivity contribution is -0.00659. The van der Waals surface area contributed by atoms with E-state index in [9.17, 15) is 15.0 Å². The maximum Gasteiger partial charge on any atom is 0.282 e. The molecule has 0 bridgehead atoms. The van der Waals surface area contributed by atoms with Crippen LogP contribution in [0.15, 0.2) is 30.5 Å². The monoisotopic (exact) mass is 338 g/mol. The first-order valence-electron chi connectivity index (χ1n) is 8.26. The highest BCUT2D eigenvalue weighted by Crippen LogP contribution is 2.48. The van der Waals surface area contributed by atoms with Gasteiger partial charge < -0.3 is 15.5 Å². The Morgan fingerprint density at radius 3 is 3.08 bits per heavy atom. The molecule has 1 aromatic heterocycles. The fraction of sp³-hybridized carbons (Fsp3) is 0.389. The number of likely N-dealkylation sites (tertiary alicyclic amines) is 1. The van der Waals surface area contributed by atoms with Crippen LogP contribution in [0.3, 0.4) is 0 Å². The summed E-state index contributed by atoms with van der Waals surface area (Å²) in [6, 6.07) is 6.51. The molecule has 0 radical (unpaired) electrons. The molecule has 7 nitrogen and oxygen atoms in total. The summed E-state index contributed by atoms with van der Waals surface area (Å²) in [7, 11) is 0. The third-order valence-electron chi connectivity index (χ3n) is 5.03. The van der Waals surface area contributed by atoms with E-state index in [1.54, 1.807) is 12.1 Å². The van der Waals surface area contributed by atoms with Gasteiger partial charge in [0.25, 0.3) is 12.1 Å². The van der Waals surface area contributed by atoms with Crippen LogP contribution in [-0.2, 0) is 0 Å². The highest BCUT2D eigenvalue weighted by Gasteiger charge is 2.57. The van der Waals surface area contributed by atoms with Gasteiger partial charge >= 0.3 is 0 Å². The Morgan fingerprint density at radius 2 is 2.28 bits per heavy atom. The molecule has 1 aliphatic heterocycles. The Kier molecular flexibility index (Phi) is 3.79. The molecule has 1 aromatic carbocycles. The summed E-state index contributed by atoms with van der Waals surface area (Å²) in [5.41, 5.74) is 1.000. The first-order valence-corrected chi connectivity index (χ1v) is 8.26. The fourth-order valence-corrected chi connectivity index (χ4v) is 3.72. The summed E-state index contributed by atoms with van der Waals surface area (Å²) in [5, 5.41) is 23.4. The largest absolute Gasteiger partial charge is 0.508 e. The van der Waals surface area contributed by atoms with Crippen molar-refractivity contribution in [2.24, 2.45) is 5.92 Å². The van der Waals surface area contributed by atoms with Crippen LogP contribution in [0, 0.1) is 12.5 Å². The quantitative estimate of drug-likeness (QED) is 0.732. The van der Waals surface area contributed by atoms with Gasteiger partial charge in [0.2, 0.25) is 0 Å². The van der Waals surface area contributed by atoms with E-state index >= 15 is 0 Å². The first kappa shape index (κ1) is 15.8. The second-order valence-corrected chi connectivity index (χ2v) is 6.61. The third-order valence-corrected chi connectivity index (χ3v) is 5.03. The van der Waals surface area contributed by atoms with Crippen LogP contribution in [0.25, 0.3) is 15.7 Å². The standard InChI is InChI=1S/C18H18N4O3/c1-19-16-7-10-6-15(10)22(16)17(24)9-21-18(25)12-4-5-20-14-3-2-11(23)8-13(12)14/h2-5,8,10,15-17,23-24H,6-7,9H2,(H,21,25)/t10-,15-,16-,17?/m0/s1. The number of aromatic hydroxyl groups is 1. The van der Waals surface area contributed by atoms with E-state index in [0.29, 0.717) is 22.4 Å². The molecule has 0 spiro atoms. The molecule has 4 rings (SSSR count). The summed E-state index contributed by atoms with van der Waals surface area (Å²) in [6.45, 7) is 7.30. The van der Waals surface area contributed by atoms with Crippen molar-refractivity contribution in [2.75, 3.05) is 6.54 Å². The number of carbonyl (C=O) groups is 1. The molecule has 1 unspecified atom stereocenters. The number of fused-ring (bicyclic) bond motifs is 2. The molecular formula is C18H18N4O3. The van der Waals surface area contributed by atoms with Crippen molar-refractivity contribution in [3.63, 3.8) is 0 Å². The van der Waals surface area contributed by atoms with E-state index < -0.39 is 6.23 Å². The van der Waals surface area contributed by atoms with E-state index in [1.165, 1.54) is 18.3 Å². The van der Waals surface area contributed by atoms with E-state index in [1.807, 2.05) is 4.90 Å². The number of aliphatic hydroxyl groups is 1. The topological polar surface area (TPSA) is 90.0 Å². The Morgan fingerprint density at radius 1 is 1.44 bits per heavy atom. The molecule has 4 atom stereocenters. The number of pyridine rings is 1. The lowest BCUT2D eigenvalue weighted by Crippen LogP contribution is -2.47. The third kappa shape index (κ3) is 2.80. The van der Waals surface area contributed by atoms with Crippen LogP contribution in [-0.4, -0.2) is 51.0 Å². The average Bonchev–Trinajstić information content (AvgIpc) is 3.28. The van der Waals surface area contributed by atoms with Gasteiger partial charge in [0, 0.05) is 24.0 Å². The summed E-state index contributed by atoms with van der Waals surface area (Å²) < 4.78 is 0. The Balaban J connectivity index is 1.48. The van der Waals surface area contributed by atoms with Crippen molar-refractivity contribution in [3.05, 3.63) is 47.4 Å². The lowest BCUT2D eigenvalue weighted by Gasteiger charge is -2.25. The van der Waals surface area contributed by atoms with Crippen molar-refractivity contribution in [1.82, 2.24) is 15.2 Å². The Labute approximate surface area is 144 Å². The number of aromatic nitrogens is 1. The van der Waals surface area contributed by atoms with Gasteiger partial charge in [0.1, 0.15) is 12.0 Å². The Bertz CT molecular complexity index is 878. The molecular weight excluding hydrogens is 320 g/mol. The highest BCUT2D eigenvalue weighted by molar-refractivity contribution is 6.06. The van der Waals surface area contributed by atoms with Crippen LogP contribution in [0.5, 0.6) is 5.75 Å². The van der Waals surface area contributed by atoms with Gasteiger partial charge in [0.15, 0.2) is 0 Å². The number of aliphatic hydroxyl groups excluding tert-OH is 1. The molecule has 2 aliphatic rings. The molecule has 2 heterocycles. The number of hydrogen-bond donors (Lipinski definition) is 3. The van der Waals surface area contributed by atoms with E-state index in [4.69, 9.17) is 6.57 Å². The maximum absolute atomic E-state index is 12.5. The summed E-state index contributed by atoms with van der Waals surface area (Å²) in [5.74, 6) is 0.228. The zero-order chi connectivity index (χ0) is 17.6. The smallest absolute Gasteiger partial charge is 0.282 e. The second-order valence-electron chi connectivity index (χ2n) is 6.61. The Hall–Kier alpha value is -2.69. The molecule has 25 heavy (non-hydrogen) atoms. The number of nitrogens with one attached hydrogen (secondary N) is 1. The molecule has 1 saturated heterocycles. The number of phenols is 1. The average molecular weight is 338 g/mol. The second kappa shape index (κ2) is 5.99. The van der Waals surface area contributed by atoms with Crippen LogP contribution in [0.1, 0.15) is 23.2 Å². The number of rotatable bonds is 4. The minimum absolute atomic E-state index is 0.0523. The zero-order valence-corrected chi connectivity index (χ0v) is 13.5. The molecule has 1 amide bonds. The van der Waals surface area contributed by atoms with Crippen LogP contribution < -0.4 is 5.32 Å². The van der Waals surface area contributed by atoms with Gasteiger partial charge in [-0.1, -0.05) is 0 Å². The summed E-state index contributed by atoms with van der Waals surface area (Å²) >= 11 is 0. The van der Waals surface area contributed by atoms with Crippen molar-refractivity contribution >= 4 is 16.8 Å². The molecule has 2 fully saturated rings. The predicted octanol–water partition coefficient (Wildman–Crippen LogP) is 1.33. The molecule has 1 aliphatic carbocycles. The van der Waals surface area contributed by atoms with Gasteiger partial charge in [-0.25, -0.2) is 11.5 Å². The number of piperidine rings is 1. The number of nitrogens with zero attached hydrogens (tertiary/aromatic N) is 3. The van der Waals surface area contributed by atoms with Crippen molar-refractivity contribution in [1.29, 1.82) is 0 Å². The molecule has 7 heteroatoms. The van der Waals surface area contributed by atoms with Crippen LogP contribution in [0.2, 0.25) is 0 Å². The van der Waals surface area contributed by atoms with Gasteiger partial charge in [-0.05, 0) is 36.6 Å². The minimum atomic E-state index is -0.873. The molecule has 3 N–H and O–H groups in total. The number of benzene rings is 1. The van der Waals surface area contributed by atoms with E-state index in [-0.39, 0.29) is 30.4 Å². The maximum atomic E-state index is 12.5. The van der Waals surface area contributed by atoms with Crippen molar-refractivity contribution in [2.45, 2.75) is 31.3 Å². The van der Waals surface area contributed by atoms with Gasteiger partial charge in [-0.3, -0.25) is 14.6 Å². The number of hydrogen-bond acceptors (Lipinski definition) is 5. The normalized spacial score (nSPS) is 26.0. The number of phenolic OH excluding ortho intramolecular Hbond substituents is 1.